The third-order valence-electron chi connectivity index (χ3n) is 3.15. The van der Waals surface area contributed by atoms with Gasteiger partial charge in [0.05, 0.1) is 10.4 Å². The minimum Gasteiger partial charge on any atom is -0.294 e. The van der Waals surface area contributed by atoms with Gasteiger partial charge in [-0.15, -0.1) is 16.4 Å². The van der Waals surface area contributed by atoms with Crippen molar-refractivity contribution < 1.29 is 13.2 Å². The summed E-state index contributed by atoms with van der Waals surface area (Å²) in [5.41, 5.74) is 1.14. The van der Waals surface area contributed by atoms with Gasteiger partial charge < -0.3 is 0 Å². The molecule has 1 N–H and O–H groups in total. The van der Waals surface area contributed by atoms with Gasteiger partial charge in [-0.3, -0.25) is 10.1 Å². The quantitative estimate of drug-likeness (QED) is 0.726. The van der Waals surface area contributed by atoms with E-state index < -0.39 is 11.7 Å². The van der Waals surface area contributed by atoms with Crippen molar-refractivity contribution in [1.29, 1.82) is 0 Å². The molecule has 2 aromatic heterocycles. The number of rotatable bonds is 3. The molecule has 4 nitrogen and oxygen atoms in total. The fourth-order valence-corrected chi connectivity index (χ4v) is 3.11. The Hall–Kier alpha value is -2.48. The Labute approximate surface area is 133 Å². The minimum atomic E-state index is -4.35. The van der Waals surface area contributed by atoms with Crippen molar-refractivity contribution in [3.8, 4) is 21.0 Å². The molecular formula is C15H11F3N4S. The Morgan fingerprint density at radius 1 is 1.17 bits per heavy atom. The van der Waals surface area contributed by atoms with Gasteiger partial charge in [-0.1, -0.05) is 17.3 Å². The van der Waals surface area contributed by atoms with Crippen LogP contribution in [0.15, 0.2) is 41.4 Å². The zero-order chi connectivity index (χ0) is 16.4. The van der Waals surface area contributed by atoms with Crippen LogP contribution in [0.25, 0.3) is 21.0 Å². The third-order valence-corrected chi connectivity index (χ3v) is 4.29. The van der Waals surface area contributed by atoms with Crippen LogP contribution in [0, 0.1) is 0 Å². The van der Waals surface area contributed by atoms with Gasteiger partial charge in [-0.25, -0.2) is 0 Å². The number of aliphatic imine (C=N–C) groups is 1. The summed E-state index contributed by atoms with van der Waals surface area (Å²) in [6.07, 6.45) is -2.76. The molecule has 23 heavy (non-hydrogen) atoms. The number of alkyl halides is 3. The van der Waals surface area contributed by atoms with Gasteiger partial charge in [0, 0.05) is 18.1 Å². The molecule has 3 aromatic rings. The van der Waals surface area contributed by atoms with Crippen LogP contribution in [0.3, 0.4) is 0 Å². The average Bonchev–Trinajstić information content (AvgIpc) is 3.15. The van der Waals surface area contributed by atoms with Gasteiger partial charge in [0.2, 0.25) is 0 Å². The van der Waals surface area contributed by atoms with E-state index in [2.05, 4.69) is 20.4 Å². The topological polar surface area (TPSA) is 53.9 Å². The molecule has 0 saturated heterocycles. The average molecular weight is 336 g/mol. The number of aromatic nitrogens is 3. The fourth-order valence-electron chi connectivity index (χ4n) is 2.11. The van der Waals surface area contributed by atoms with Crippen molar-refractivity contribution >= 4 is 17.6 Å². The summed E-state index contributed by atoms with van der Waals surface area (Å²) in [4.78, 5) is 5.45. The van der Waals surface area contributed by atoms with Crippen LogP contribution in [0.1, 0.15) is 11.3 Å². The second-order valence-corrected chi connectivity index (χ2v) is 5.79. The highest BCUT2D eigenvalue weighted by Gasteiger charge is 2.30. The molecule has 1 aromatic carbocycles. The molecule has 0 amide bonds. The number of thiophene rings is 1. The maximum Gasteiger partial charge on any atom is 0.416 e. The first kappa shape index (κ1) is 15.4. The van der Waals surface area contributed by atoms with Crippen molar-refractivity contribution in [2.75, 3.05) is 7.05 Å². The predicted octanol–water partition coefficient (Wildman–Crippen LogP) is 4.27. The van der Waals surface area contributed by atoms with Crippen molar-refractivity contribution in [2.45, 2.75) is 6.18 Å². The molecule has 8 heteroatoms. The zero-order valence-electron chi connectivity index (χ0n) is 11.9. The smallest absolute Gasteiger partial charge is 0.294 e. The highest BCUT2D eigenvalue weighted by atomic mass is 32.1. The van der Waals surface area contributed by atoms with E-state index in [1.807, 2.05) is 6.07 Å². The lowest BCUT2D eigenvalue weighted by atomic mass is 10.1. The summed E-state index contributed by atoms with van der Waals surface area (Å²) in [5.74, 6) is 0. The molecule has 2 heterocycles. The normalized spacial score (nSPS) is 12.2. The van der Waals surface area contributed by atoms with Crippen molar-refractivity contribution in [3.63, 3.8) is 0 Å². The summed E-state index contributed by atoms with van der Waals surface area (Å²) in [6.45, 7) is 0. The van der Waals surface area contributed by atoms with Crippen LogP contribution in [0.2, 0.25) is 0 Å². The minimum absolute atomic E-state index is 0.519. The van der Waals surface area contributed by atoms with Gasteiger partial charge in [-0.05, 0) is 29.8 Å². The Morgan fingerprint density at radius 3 is 2.70 bits per heavy atom. The second kappa shape index (κ2) is 5.96. The van der Waals surface area contributed by atoms with E-state index in [-0.39, 0.29) is 0 Å². The highest BCUT2D eigenvalue weighted by molar-refractivity contribution is 7.18. The number of benzene rings is 1. The number of aromatic amines is 1. The van der Waals surface area contributed by atoms with E-state index >= 15 is 0 Å². The lowest BCUT2D eigenvalue weighted by Crippen LogP contribution is -2.04. The summed E-state index contributed by atoms with van der Waals surface area (Å²) in [6, 6.07) is 8.85. The summed E-state index contributed by atoms with van der Waals surface area (Å²) in [7, 11) is 1.63. The lowest BCUT2D eigenvalue weighted by molar-refractivity contribution is -0.137. The van der Waals surface area contributed by atoms with Crippen molar-refractivity contribution in [1.82, 2.24) is 15.4 Å². The van der Waals surface area contributed by atoms with E-state index in [9.17, 15) is 13.2 Å². The van der Waals surface area contributed by atoms with Crippen molar-refractivity contribution in [2.24, 2.45) is 4.99 Å². The zero-order valence-corrected chi connectivity index (χ0v) is 12.7. The van der Waals surface area contributed by atoms with E-state index in [1.54, 1.807) is 25.4 Å². The monoisotopic (exact) mass is 336 g/mol. The molecule has 0 saturated carbocycles. The molecule has 0 fully saturated rings. The van der Waals surface area contributed by atoms with E-state index in [1.165, 1.54) is 17.4 Å². The summed E-state index contributed by atoms with van der Waals surface area (Å²) < 4.78 is 38.4. The Bertz CT molecular complexity index is 848. The maximum absolute atomic E-state index is 12.8. The molecule has 0 aliphatic rings. The summed E-state index contributed by atoms with van der Waals surface area (Å²) in [5, 5.41) is 10.5. The molecular weight excluding hydrogens is 325 g/mol. The number of halogens is 3. The standard InChI is InChI=1S/C15H11F3N4S/c1-19-8-11-14(21-22-20-11)13-6-5-12(23-13)9-3-2-4-10(7-9)15(16,17)18/h2-8H,1H3,(H,20,21,22)/b19-8+. The van der Waals surface area contributed by atoms with E-state index in [0.29, 0.717) is 17.0 Å². The van der Waals surface area contributed by atoms with Gasteiger partial charge in [0.15, 0.2) is 0 Å². The first-order valence-corrected chi connectivity index (χ1v) is 7.42. The number of nitrogens with one attached hydrogen (secondary N) is 1. The van der Waals surface area contributed by atoms with Gasteiger partial charge in [-0.2, -0.15) is 13.2 Å². The second-order valence-electron chi connectivity index (χ2n) is 4.70. The van der Waals surface area contributed by atoms with Gasteiger partial charge in [0.25, 0.3) is 0 Å². The molecule has 0 spiro atoms. The first-order chi connectivity index (χ1) is 11.0. The molecule has 0 bridgehead atoms. The number of nitrogens with zero attached hydrogens (tertiary/aromatic N) is 3. The first-order valence-electron chi connectivity index (χ1n) is 6.60. The molecule has 0 aliphatic carbocycles. The maximum atomic E-state index is 12.8. The molecule has 0 radical (unpaired) electrons. The van der Waals surface area contributed by atoms with Crippen LogP contribution in [0.4, 0.5) is 13.2 Å². The van der Waals surface area contributed by atoms with E-state index in [0.717, 1.165) is 21.9 Å². The third kappa shape index (κ3) is 3.16. The van der Waals surface area contributed by atoms with E-state index in [4.69, 9.17) is 0 Å². The molecule has 0 unspecified atom stereocenters. The van der Waals surface area contributed by atoms with Gasteiger partial charge >= 0.3 is 6.18 Å². The highest BCUT2D eigenvalue weighted by Crippen LogP contribution is 2.37. The molecule has 0 atom stereocenters. The summed E-state index contributed by atoms with van der Waals surface area (Å²) >= 11 is 1.35. The number of hydrogen-bond acceptors (Lipinski definition) is 4. The van der Waals surface area contributed by atoms with Crippen LogP contribution in [0.5, 0.6) is 0 Å². The Balaban J connectivity index is 1.98. The lowest BCUT2D eigenvalue weighted by Gasteiger charge is -2.07. The predicted molar refractivity (Wildman–Crippen MR) is 83.7 cm³/mol. The molecule has 0 aliphatic heterocycles. The van der Waals surface area contributed by atoms with Gasteiger partial charge in [0.1, 0.15) is 11.4 Å². The Kier molecular flexibility index (Phi) is 3.99. The largest absolute Gasteiger partial charge is 0.416 e. The van der Waals surface area contributed by atoms with Crippen LogP contribution >= 0.6 is 11.3 Å². The fraction of sp³-hybridized carbons (Fsp3) is 0.133. The SMILES string of the molecule is C/N=C/c1[nH]nnc1-c1ccc(-c2cccc(C(F)(F)F)c2)s1. The van der Waals surface area contributed by atoms with Crippen LogP contribution < -0.4 is 0 Å². The number of H-pyrrole nitrogens is 1. The van der Waals surface area contributed by atoms with Crippen LogP contribution in [-0.4, -0.2) is 28.7 Å². The number of hydrogen-bond donors (Lipinski definition) is 1. The van der Waals surface area contributed by atoms with Crippen LogP contribution in [-0.2, 0) is 6.18 Å². The van der Waals surface area contributed by atoms with Crippen molar-refractivity contribution in [3.05, 3.63) is 47.7 Å². The molecule has 118 valence electrons. The Morgan fingerprint density at radius 2 is 1.96 bits per heavy atom. The molecule has 3 rings (SSSR count).